The lowest BCUT2D eigenvalue weighted by molar-refractivity contribution is 0.432. The quantitative estimate of drug-likeness (QED) is 0.664. The fourth-order valence-corrected chi connectivity index (χ4v) is 3.48. The van der Waals surface area contributed by atoms with Gasteiger partial charge >= 0.3 is 0 Å². The largest absolute Gasteiger partial charge is 0.370 e. The second-order valence-electron chi connectivity index (χ2n) is 5.84. The maximum absolute atomic E-state index is 6.17. The summed E-state index contributed by atoms with van der Waals surface area (Å²) < 4.78 is 0. The van der Waals surface area contributed by atoms with E-state index < -0.39 is 0 Å². The Morgan fingerprint density at radius 1 is 1.29 bits per heavy atom. The Morgan fingerprint density at radius 3 is 2.52 bits per heavy atom. The molecule has 0 aromatic heterocycles. The molecule has 2 N–H and O–H groups in total. The number of nitrogens with two attached hydrogens (primary N) is 1. The first-order chi connectivity index (χ1) is 10.1. The summed E-state index contributed by atoms with van der Waals surface area (Å²) in [6.45, 7) is 6.77. The molecule has 1 aliphatic rings. The van der Waals surface area contributed by atoms with Gasteiger partial charge in [-0.3, -0.25) is 4.99 Å². The van der Waals surface area contributed by atoms with Gasteiger partial charge in [-0.05, 0) is 44.4 Å². The van der Waals surface area contributed by atoms with Gasteiger partial charge in [-0.25, -0.2) is 0 Å². The Labute approximate surface area is 133 Å². The number of halogens is 1. The van der Waals surface area contributed by atoms with Gasteiger partial charge in [0, 0.05) is 23.5 Å². The van der Waals surface area contributed by atoms with Gasteiger partial charge in [0.1, 0.15) is 0 Å². The number of benzene rings is 1. The number of hydrogen-bond donors (Lipinski definition) is 1. The minimum atomic E-state index is 0.114. The third-order valence-corrected chi connectivity index (χ3v) is 4.86. The van der Waals surface area contributed by atoms with Gasteiger partial charge in [-0.15, -0.1) is 0 Å². The van der Waals surface area contributed by atoms with E-state index in [9.17, 15) is 0 Å². The normalized spacial score (nSPS) is 18.0. The Bertz CT molecular complexity index is 489. The van der Waals surface area contributed by atoms with E-state index in [0.717, 1.165) is 24.7 Å². The predicted octanol–water partition coefficient (Wildman–Crippen LogP) is 3.81. The summed E-state index contributed by atoms with van der Waals surface area (Å²) in [4.78, 5) is 6.80. The molecular weight excluding hydrogens is 282 g/mol. The summed E-state index contributed by atoms with van der Waals surface area (Å²) >= 11 is 6.17. The van der Waals surface area contributed by atoms with Crippen LogP contribution in [0.25, 0.3) is 0 Å². The Hall–Kier alpha value is -1.22. The van der Waals surface area contributed by atoms with E-state index in [0.29, 0.717) is 5.96 Å². The van der Waals surface area contributed by atoms with Crippen LogP contribution in [0.5, 0.6) is 0 Å². The molecule has 2 rings (SSSR count). The second-order valence-corrected chi connectivity index (χ2v) is 6.28. The zero-order chi connectivity index (χ0) is 15.3. The fraction of sp³-hybridized carbons (Fsp3) is 0.588. The van der Waals surface area contributed by atoms with Crippen molar-refractivity contribution in [3.63, 3.8) is 0 Å². The molecule has 4 heteroatoms. The van der Waals surface area contributed by atoms with Crippen molar-refractivity contribution in [2.45, 2.75) is 44.9 Å². The molecule has 0 amide bonds. The van der Waals surface area contributed by atoms with Crippen LogP contribution in [0.15, 0.2) is 29.3 Å². The summed E-state index contributed by atoms with van der Waals surface area (Å²) in [6.07, 6.45) is 4.85. The van der Waals surface area contributed by atoms with Crippen LogP contribution in [-0.4, -0.2) is 30.5 Å². The molecule has 0 heterocycles. The second kappa shape index (κ2) is 7.17. The highest BCUT2D eigenvalue weighted by atomic mass is 35.5. The fourth-order valence-electron chi connectivity index (χ4n) is 3.29. The first-order valence-electron chi connectivity index (χ1n) is 7.92. The smallest absolute Gasteiger partial charge is 0.191 e. The molecule has 21 heavy (non-hydrogen) atoms. The molecule has 0 radical (unpaired) electrons. The Morgan fingerprint density at radius 2 is 1.95 bits per heavy atom. The maximum atomic E-state index is 6.17. The van der Waals surface area contributed by atoms with Crippen LogP contribution in [0.4, 0.5) is 0 Å². The highest BCUT2D eigenvalue weighted by Gasteiger charge is 2.35. The average molecular weight is 308 g/mol. The number of nitrogens with zero attached hydrogens (tertiary/aromatic N) is 2. The molecule has 1 fully saturated rings. The highest BCUT2D eigenvalue weighted by molar-refractivity contribution is 6.30. The molecule has 1 aliphatic carbocycles. The number of hydrogen-bond acceptors (Lipinski definition) is 1. The van der Waals surface area contributed by atoms with E-state index >= 15 is 0 Å². The van der Waals surface area contributed by atoms with E-state index in [2.05, 4.69) is 30.9 Å². The van der Waals surface area contributed by atoms with Gasteiger partial charge in [0.2, 0.25) is 0 Å². The molecule has 3 nitrogen and oxygen atoms in total. The van der Waals surface area contributed by atoms with E-state index in [1.807, 2.05) is 12.1 Å². The van der Waals surface area contributed by atoms with Gasteiger partial charge in [-0.2, -0.15) is 0 Å². The standard InChI is InChI=1S/C17H26ClN3/c1-3-21(4-2)16(19)20-13-17(10-5-6-11-17)14-8-7-9-15(18)12-14/h7-9,12H,3-6,10-11,13H2,1-2H3,(H2,19,20). The molecule has 0 spiro atoms. The molecule has 0 aliphatic heterocycles. The molecule has 0 atom stereocenters. The topological polar surface area (TPSA) is 41.6 Å². The molecule has 116 valence electrons. The van der Waals surface area contributed by atoms with Crippen molar-refractivity contribution in [2.75, 3.05) is 19.6 Å². The number of guanidine groups is 1. The van der Waals surface area contributed by atoms with Gasteiger partial charge in [0.15, 0.2) is 5.96 Å². The first-order valence-corrected chi connectivity index (χ1v) is 8.30. The zero-order valence-electron chi connectivity index (χ0n) is 13.1. The first kappa shape index (κ1) is 16.2. The van der Waals surface area contributed by atoms with Crippen molar-refractivity contribution in [3.05, 3.63) is 34.9 Å². The maximum Gasteiger partial charge on any atom is 0.191 e. The van der Waals surface area contributed by atoms with Gasteiger partial charge in [-0.1, -0.05) is 36.6 Å². The summed E-state index contributed by atoms with van der Waals surface area (Å²) in [5, 5.41) is 0.805. The van der Waals surface area contributed by atoms with Gasteiger partial charge in [0.05, 0.1) is 6.54 Å². The molecule has 0 saturated heterocycles. The van der Waals surface area contributed by atoms with Crippen LogP contribution in [0, 0.1) is 0 Å². The van der Waals surface area contributed by atoms with Crippen molar-refractivity contribution in [1.29, 1.82) is 0 Å². The summed E-state index contributed by atoms with van der Waals surface area (Å²) in [7, 11) is 0. The third kappa shape index (κ3) is 3.70. The zero-order valence-corrected chi connectivity index (χ0v) is 13.9. The van der Waals surface area contributed by atoms with Crippen LogP contribution in [0.1, 0.15) is 45.1 Å². The summed E-state index contributed by atoms with van der Waals surface area (Å²) in [6, 6.07) is 8.24. The Kier molecular flexibility index (Phi) is 5.51. The van der Waals surface area contributed by atoms with Gasteiger partial charge < -0.3 is 10.6 Å². The summed E-state index contributed by atoms with van der Waals surface area (Å²) in [5.74, 6) is 0.660. The van der Waals surface area contributed by atoms with Crippen molar-refractivity contribution in [2.24, 2.45) is 10.7 Å². The number of rotatable bonds is 5. The van der Waals surface area contributed by atoms with Crippen molar-refractivity contribution in [3.8, 4) is 0 Å². The lowest BCUT2D eigenvalue weighted by Gasteiger charge is -2.29. The van der Waals surface area contributed by atoms with Crippen LogP contribution in [0.3, 0.4) is 0 Å². The highest BCUT2D eigenvalue weighted by Crippen LogP contribution is 2.42. The van der Waals surface area contributed by atoms with Crippen molar-refractivity contribution in [1.82, 2.24) is 4.90 Å². The Balaban J connectivity index is 2.22. The minimum Gasteiger partial charge on any atom is -0.370 e. The molecule has 0 bridgehead atoms. The third-order valence-electron chi connectivity index (χ3n) is 4.63. The SMILES string of the molecule is CCN(CC)C(N)=NCC1(c2cccc(Cl)c2)CCCC1. The van der Waals surface area contributed by atoms with E-state index in [1.54, 1.807) is 0 Å². The van der Waals surface area contributed by atoms with Gasteiger partial charge in [0.25, 0.3) is 0 Å². The van der Waals surface area contributed by atoms with Crippen LogP contribution >= 0.6 is 11.6 Å². The molecule has 1 aromatic carbocycles. The lowest BCUT2D eigenvalue weighted by atomic mass is 9.79. The van der Waals surface area contributed by atoms with Crippen molar-refractivity contribution >= 4 is 17.6 Å². The molecule has 1 saturated carbocycles. The van der Waals surface area contributed by atoms with Crippen LogP contribution < -0.4 is 5.73 Å². The predicted molar refractivity (Wildman–Crippen MR) is 91.0 cm³/mol. The molecular formula is C17H26ClN3. The van der Waals surface area contributed by atoms with E-state index in [4.69, 9.17) is 22.3 Å². The average Bonchev–Trinajstić information content (AvgIpc) is 2.96. The minimum absolute atomic E-state index is 0.114. The van der Waals surface area contributed by atoms with E-state index in [-0.39, 0.29) is 5.41 Å². The lowest BCUT2D eigenvalue weighted by Crippen LogP contribution is -2.38. The van der Waals surface area contributed by atoms with Crippen LogP contribution in [-0.2, 0) is 5.41 Å². The monoisotopic (exact) mass is 307 g/mol. The summed E-state index contributed by atoms with van der Waals surface area (Å²) in [5.41, 5.74) is 7.56. The van der Waals surface area contributed by atoms with Crippen molar-refractivity contribution < 1.29 is 0 Å². The van der Waals surface area contributed by atoms with Crippen LogP contribution in [0.2, 0.25) is 5.02 Å². The van der Waals surface area contributed by atoms with E-state index in [1.165, 1.54) is 31.2 Å². The molecule has 0 unspecified atom stereocenters. The number of aliphatic imine (C=N–C) groups is 1. The molecule has 1 aromatic rings.